The zero-order chi connectivity index (χ0) is 15.5. The first-order valence-electron chi connectivity index (χ1n) is 6.94. The number of hydrogen-bond donors (Lipinski definition) is 2. The molecule has 0 radical (unpaired) electrons. The summed E-state index contributed by atoms with van der Waals surface area (Å²) in [5.41, 5.74) is -0.312. The van der Waals surface area contributed by atoms with Gasteiger partial charge in [-0.3, -0.25) is 9.79 Å². The molecular formula is C15H27NO4. The molecule has 1 aliphatic heterocycles. The number of aliphatic hydroxyl groups is 2. The third kappa shape index (κ3) is 8.82. The summed E-state index contributed by atoms with van der Waals surface area (Å²) < 4.78 is 4.55. The predicted molar refractivity (Wildman–Crippen MR) is 79.6 cm³/mol. The van der Waals surface area contributed by atoms with Crippen molar-refractivity contribution in [3.63, 3.8) is 0 Å². The molecule has 20 heavy (non-hydrogen) atoms. The lowest BCUT2D eigenvalue weighted by Crippen LogP contribution is -2.19. The van der Waals surface area contributed by atoms with Crippen molar-refractivity contribution in [3.05, 3.63) is 12.3 Å². The zero-order valence-corrected chi connectivity index (χ0v) is 12.7. The summed E-state index contributed by atoms with van der Waals surface area (Å²) in [5, 5.41) is 17.5. The van der Waals surface area contributed by atoms with Crippen molar-refractivity contribution in [3.8, 4) is 0 Å². The van der Waals surface area contributed by atoms with Gasteiger partial charge in [-0.1, -0.05) is 6.08 Å². The molecule has 1 aliphatic rings. The van der Waals surface area contributed by atoms with Crippen LogP contribution in [0.1, 0.15) is 46.5 Å². The summed E-state index contributed by atoms with van der Waals surface area (Å²) in [6, 6.07) is 0. The van der Waals surface area contributed by atoms with E-state index >= 15 is 0 Å². The van der Waals surface area contributed by atoms with Crippen LogP contribution in [0, 0.1) is 5.41 Å². The van der Waals surface area contributed by atoms with E-state index in [9.17, 15) is 4.79 Å². The highest BCUT2D eigenvalue weighted by atomic mass is 16.5. The smallest absolute Gasteiger partial charge is 0.293 e. The highest BCUT2D eigenvalue weighted by Crippen LogP contribution is 2.32. The minimum absolute atomic E-state index is 0.00542. The van der Waals surface area contributed by atoms with Crippen LogP contribution in [-0.2, 0) is 9.53 Å². The average Bonchev–Trinajstić information content (AvgIpc) is 2.83. The van der Waals surface area contributed by atoms with Crippen molar-refractivity contribution in [2.45, 2.75) is 52.1 Å². The Bertz CT molecular complexity index is 296. The van der Waals surface area contributed by atoms with Crippen LogP contribution in [0.4, 0.5) is 0 Å². The summed E-state index contributed by atoms with van der Waals surface area (Å²) in [4.78, 5) is 13.7. The molecule has 0 fully saturated rings. The first-order chi connectivity index (χ1) is 9.39. The molecule has 0 aromatic rings. The summed E-state index contributed by atoms with van der Waals surface area (Å²) in [6.45, 7) is 6.37. The molecule has 0 saturated heterocycles. The number of hydrogen-bond acceptors (Lipinski definition) is 5. The lowest BCUT2D eigenvalue weighted by Gasteiger charge is -2.22. The van der Waals surface area contributed by atoms with Gasteiger partial charge in [0.1, 0.15) is 5.60 Å². The summed E-state index contributed by atoms with van der Waals surface area (Å²) in [5.74, 6) is 0. The van der Waals surface area contributed by atoms with Gasteiger partial charge < -0.3 is 14.9 Å². The Balaban J connectivity index is 0.000000441. The molecule has 116 valence electrons. The highest BCUT2D eigenvalue weighted by molar-refractivity contribution is 5.72. The maximum Gasteiger partial charge on any atom is 0.293 e. The van der Waals surface area contributed by atoms with E-state index in [1.54, 1.807) is 6.20 Å². The van der Waals surface area contributed by atoms with E-state index in [0.717, 1.165) is 25.7 Å². The van der Waals surface area contributed by atoms with Crippen LogP contribution in [-0.4, -0.2) is 41.7 Å². The molecule has 0 spiro atoms. The molecule has 0 saturated carbocycles. The molecule has 1 heterocycles. The van der Waals surface area contributed by atoms with Crippen LogP contribution >= 0.6 is 0 Å². The third-order valence-corrected chi connectivity index (χ3v) is 2.83. The number of allylic oxidation sites excluding steroid dienone is 1. The van der Waals surface area contributed by atoms with E-state index in [1.807, 2.05) is 27.0 Å². The van der Waals surface area contributed by atoms with Gasteiger partial charge in [-0.05, 0) is 46.5 Å². The van der Waals surface area contributed by atoms with Gasteiger partial charge in [-0.15, -0.1) is 0 Å². The first kappa shape index (κ1) is 18.8. The SMILES string of the molecule is CC(C)(C)OC=O.OCCCC1(CCCO)C=CN=C1. The van der Waals surface area contributed by atoms with Gasteiger partial charge in [-0.25, -0.2) is 0 Å². The Morgan fingerprint density at radius 1 is 1.20 bits per heavy atom. The number of rotatable bonds is 7. The molecule has 2 N–H and O–H groups in total. The highest BCUT2D eigenvalue weighted by Gasteiger charge is 2.25. The summed E-state index contributed by atoms with van der Waals surface area (Å²) in [6.07, 6.45) is 9.22. The number of ether oxygens (including phenoxy) is 1. The van der Waals surface area contributed by atoms with Crippen LogP contribution in [0.3, 0.4) is 0 Å². The molecule has 5 nitrogen and oxygen atoms in total. The summed E-state index contributed by atoms with van der Waals surface area (Å²) in [7, 11) is 0. The van der Waals surface area contributed by atoms with Gasteiger partial charge in [0.25, 0.3) is 6.47 Å². The Morgan fingerprint density at radius 2 is 1.75 bits per heavy atom. The monoisotopic (exact) mass is 285 g/mol. The number of carbonyl (C=O) groups is 1. The van der Waals surface area contributed by atoms with Gasteiger partial charge in [0, 0.05) is 31.0 Å². The molecule has 0 bridgehead atoms. The molecule has 0 aromatic heterocycles. The van der Waals surface area contributed by atoms with Crippen molar-refractivity contribution >= 4 is 12.7 Å². The van der Waals surface area contributed by atoms with Gasteiger partial charge in [-0.2, -0.15) is 0 Å². The van der Waals surface area contributed by atoms with Crippen LogP contribution in [0.15, 0.2) is 17.3 Å². The van der Waals surface area contributed by atoms with Gasteiger partial charge in [0.05, 0.1) is 0 Å². The van der Waals surface area contributed by atoms with Crippen LogP contribution in [0.25, 0.3) is 0 Å². The normalized spacial score (nSPS) is 15.7. The lowest BCUT2D eigenvalue weighted by molar-refractivity contribution is -0.138. The lowest BCUT2D eigenvalue weighted by atomic mass is 9.81. The fourth-order valence-electron chi connectivity index (χ4n) is 1.81. The number of carbonyl (C=O) groups excluding carboxylic acids is 1. The van der Waals surface area contributed by atoms with Crippen LogP contribution < -0.4 is 0 Å². The first-order valence-corrected chi connectivity index (χ1v) is 6.94. The van der Waals surface area contributed by atoms with E-state index in [2.05, 4.69) is 15.8 Å². The maximum absolute atomic E-state index is 9.60. The Morgan fingerprint density at radius 3 is 2.00 bits per heavy atom. The zero-order valence-electron chi connectivity index (χ0n) is 12.7. The van der Waals surface area contributed by atoms with Crippen LogP contribution in [0.5, 0.6) is 0 Å². The molecule has 0 atom stereocenters. The number of aliphatic hydroxyl groups excluding tert-OH is 2. The molecule has 5 heteroatoms. The maximum atomic E-state index is 9.60. The van der Waals surface area contributed by atoms with E-state index in [0.29, 0.717) is 6.47 Å². The van der Waals surface area contributed by atoms with E-state index in [-0.39, 0.29) is 24.2 Å². The minimum atomic E-state index is -0.318. The second-order valence-electron chi connectivity index (χ2n) is 5.81. The predicted octanol–water partition coefficient (Wildman–Crippen LogP) is 2.07. The second-order valence-corrected chi connectivity index (χ2v) is 5.81. The van der Waals surface area contributed by atoms with E-state index in [1.165, 1.54) is 0 Å². The average molecular weight is 285 g/mol. The second kappa shape index (κ2) is 9.66. The van der Waals surface area contributed by atoms with Gasteiger partial charge in [0.15, 0.2) is 0 Å². The van der Waals surface area contributed by atoms with Crippen LogP contribution in [0.2, 0.25) is 0 Å². The molecular weight excluding hydrogens is 258 g/mol. The minimum Gasteiger partial charge on any atom is -0.462 e. The van der Waals surface area contributed by atoms with Crippen molar-refractivity contribution in [2.24, 2.45) is 10.4 Å². The molecule has 0 aliphatic carbocycles. The number of aliphatic imine (C=N–C) groups is 1. The largest absolute Gasteiger partial charge is 0.462 e. The fourth-order valence-corrected chi connectivity index (χ4v) is 1.81. The van der Waals surface area contributed by atoms with Gasteiger partial charge >= 0.3 is 0 Å². The van der Waals surface area contributed by atoms with Crippen molar-refractivity contribution in [2.75, 3.05) is 13.2 Å². The Hall–Kier alpha value is -1.20. The van der Waals surface area contributed by atoms with Gasteiger partial charge in [0.2, 0.25) is 0 Å². The fraction of sp³-hybridized carbons (Fsp3) is 0.733. The quantitative estimate of drug-likeness (QED) is 0.702. The Labute approximate surface area is 121 Å². The molecule has 0 unspecified atom stereocenters. The summed E-state index contributed by atoms with van der Waals surface area (Å²) >= 11 is 0. The molecule has 0 aromatic carbocycles. The third-order valence-electron chi connectivity index (χ3n) is 2.83. The number of nitrogens with zero attached hydrogens (tertiary/aromatic N) is 1. The van der Waals surface area contributed by atoms with E-state index < -0.39 is 0 Å². The molecule has 0 amide bonds. The standard InChI is InChI=1S/C10H17NO2.C5H10O2/c12-7-1-3-10(4-2-8-13)5-6-11-9-10;1-5(2,3)7-4-6/h5-6,9,12-13H,1-4,7-8H2;4H,1-3H3. The van der Waals surface area contributed by atoms with Crippen molar-refractivity contribution in [1.82, 2.24) is 0 Å². The Kier molecular flexibility index (Phi) is 9.08. The van der Waals surface area contributed by atoms with Crippen molar-refractivity contribution in [1.29, 1.82) is 0 Å². The topological polar surface area (TPSA) is 79.1 Å². The van der Waals surface area contributed by atoms with Crippen molar-refractivity contribution < 1.29 is 19.7 Å². The molecule has 1 rings (SSSR count). The van der Waals surface area contributed by atoms with E-state index in [4.69, 9.17) is 10.2 Å².